The fraction of sp³-hybridized carbons (Fsp3) is 0.875. The third kappa shape index (κ3) is 2.79. The van der Waals surface area contributed by atoms with Gasteiger partial charge < -0.3 is 5.32 Å². The van der Waals surface area contributed by atoms with Crippen molar-refractivity contribution in [1.29, 1.82) is 0 Å². The zero-order chi connectivity index (χ0) is 10.1. The molecule has 0 aromatic heterocycles. The molecule has 0 bridgehead atoms. The Morgan fingerprint density at radius 1 is 1.46 bits per heavy atom. The molecule has 1 aliphatic rings. The van der Waals surface area contributed by atoms with Crippen LogP contribution in [0.2, 0.25) is 0 Å². The van der Waals surface area contributed by atoms with E-state index in [2.05, 4.69) is 16.9 Å². The van der Waals surface area contributed by atoms with Crippen molar-refractivity contribution >= 4 is 17.5 Å². The summed E-state index contributed by atoms with van der Waals surface area (Å²) in [5, 5.41) is -1.51. The van der Waals surface area contributed by atoms with Gasteiger partial charge in [-0.2, -0.15) is 8.78 Å². The Morgan fingerprint density at radius 2 is 1.92 bits per heavy atom. The third-order valence-electron chi connectivity index (χ3n) is 2.38. The molecule has 1 aliphatic carbocycles. The summed E-state index contributed by atoms with van der Waals surface area (Å²) in [5.41, 5.74) is -0.491. The highest BCUT2D eigenvalue weighted by Crippen LogP contribution is 2.30. The molecule has 0 heterocycles. The molecule has 5 heteroatoms. The molecule has 0 spiro atoms. The molecule has 2 nitrogen and oxygen atoms in total. The van der Waals surface area contributed by atoms with Gasteiger partial charge in [-0.15, -0.1) is 0 Å². The molecule has 1 rings (SSSR count). The maximum atomic E-state index is 12.3. The largest absolute Gasteiger partial charge is 0.399 e. The minimum Gasteiger partial charge on any atom is -0.345 e. The fourth-order valence-electron chi connectivity index (χ4n) is 1.63. The summed E-state index contributed by atoms with van der Waals surface area (Å²) in [6.07, 6.45) is 3.41. The lowest BCUT2D eigenvalue weighted by Crippen LogP contribution is -2.48. The lowest BCUT2D eigenvalue weighted by Gasteiger charge is -2.26. The van der Waals surface area contributed by atoms with Gasteiger partial charge in [-0.3, -0.25) is 4.79 Å². The molecule has 1 amide bonds. The molecule has 1 saturated carbocycles. The van der Waals surface area contributed by atoms with E-state index in [1.54, 1.807) is 6.92 Å². The standard InChI is InChI=1S/C8H12ClF2NO/c1-7(4-2-3-5-7)12-6(13)8(9,10)11/h2-5H2,1H3,(H,12,13). The summed E-state index contributed by atoms with van der Waals surface area (Å²) >= 11 is 4.58. The first-order chi connectivity index (χ1) is 5.83. The first-order valence-electron chi connectivity index (χ1n) is 4.23. The van der Waals surface area contributed by atoms with Crippen LogP contribution in [0.4, 0.5) is 8.78 Å². The van der Waals surface area contributed by atoms with Gasteiger partial charge in [0.15, 0.2) is 0 Å². The molecule has 76 valence electrons. The fourth-order valence-corrected chi connectivity index (χ4v) is 1.67. The molecular formula is C8H12ClF2NO. The van der Waals surface area contributed by atoms with Crippen molar-refractivity contribution in [2.75, 3.05) is 0 Å². The Balaban J connectivity index is 2.53. The Bertz CT molecular complexity index is 209. The minimum absolute atomic E-state index is 0.491. The Hall–Kier alpha value is -0.380. The van der Waals surface area contributed by atoms with Gasteiger partial charge in [-0.25, -0.2) is 0 Å². The minimum atomic E-state index is -3.79. The van der Waals surface area contributed by atoms with Crippen LogP contribution in [0.25, 0.3) is 0 Å². The smallest absolute Gasteiger partial charge is 0.345 e. The highest BCUT2D eigenvalue weighted by molar-refractivity contribution is 6.32. The van der Waals surface area contributed by atoms with Gasteiger partial charge in [0.05, 0.1) is 0 Å². The lowest BCUT2D eigenvalue weighted by molar-refractivity contribution is -0.137. The average Bonchev–Trinajstić information content (AvgIpc) is 2.33. The molecular weight excluding hydrogens is 200 g/mol. The zero-order valence-corrected chi connectivity index (χ0v) is 8.13. The van der Waals surface area contributed by atoms with Crippen LogP contribution in [0.1, 0.15) is 32.6 Å². The molecule has 0 aliphatic heterocycles. The highest BCUT2D eigenvalue weighted by atomic mass is 35.5. The molecule has 0 aromatic rings. The second kappa shape index (κ2) is 3.40. The van der Waals surface area contributed by atoms with Gasteiger partial charge in [0.1, 0.15) is 0 Å². The third-order valence-corrected chi connectivity index (χ3v) is 2.55. The van der Waals surface area contributed by atoms with E-state index in [-0.39, 0.29) is 0 Å². The summed E-state index contributed by atoms with van der Waals surface area (Å²) in [5.74, 6) is -1.39. The van der Waals surface area contributed by atoms with Gasteiger partial charge in [0.2, 0.25) is 0 Å². The Kier molecular flexibility index (Phi) is 2.80. The Morgan fingerprint density at radius 3 is 2.31 bits per heavy atom. The normalized spacial score (nSPS) is 21.5. The van der Waals surface area contributed by atoms with Gasteiger partial charge >= 0.3 is 11.3 Å². The van der Waals surface area contributed by atoms with E-state index in [9.17, 15) is 13.6 Å². The molecule has 0 radical (unpaired) electrons. The summed E-state index contributed by atoms with van der Waals surface area (Å²) in [6, 6.07) is 0. The molecule has 1 fully saturated rings. The summed E-state index contributed by atoms with van der Waals surface area (Å²) < 4.78 is 24.6. The van der Waals surface area contributed by atoms with Crippen LogP contribution in [0, 0.1) is 0 Å². The van der Waals surface area contributed by atoms with Crippen molar-refractivity contribution in [3.8, 4) is 0 Å². The molecule has 13 heavy (non-hydrogen) atoms. The number of nitrogens with one attached hydrogen (secondary N) is 1. The van der Waals surface area contributed by atoms with Crippen LogP contribution in [-0.4, -0.2) is 16.8 Å². The number of amides is 1. The van der Waals surface area contributed by atoms with Gasteiger partial charge in [-0.05, 0) is 31.4 Å². The molecule has 0 unspecified atom stereocenters. The summed E-state index contributed by atoms with van der Waals surface area (Å²) in [6.45, 7) is 1.76. The molecule has 1 N–H and O–H groups in total. The zero-order valence-electron chi connectivity index (χ0n) is 7.37. The second-order valence-corrected chi connectivity index (χ2v) is 4.19. The van der Waals surface area contributed by atoms with Crippen molar-refractivity contribution in [2.24, 2.45) is 0 Å². The topological polar surface area (TPSA) is 29.1 Å². The van der Waals surface area contributed by atoms with E-state index in [1.165, 1.54) is 0 Å². The van der Waals surface area contributed by atoms with Gasteiger partial charge in [-0.1, -0.05) is 12.8 Å². The lowest BCUT2D eigenvalue weighted by atomic mass is 10.0. The van der Waals surface area contributed by atoms with Gasteiger partial charge in [0, 0.05) is 5.54 Å². The number of alkyl halides is 3. The van der Waals surface area contributed by atoms with Crippen LogP contribution >= 0.6 is 11.6 Å². The second-order valence-electron chi connectivity index (χ2n) is 3.72. The predicted molar refractivity (Wildman–Crippen MR) is 45.8 cm³/mol. The van der Waals surface area contributed by atoms with Crippen molar-refractivity contribution < 1.29 is 13.6 Å². The number of hydrogen-bond donors (Lipinski definition) is 1. The molecule has 0 saturated heterocycles. The van der Waals surface area contributed by atoms with Crippen LogP contribution in [0.15, 0.2) is 0 Å². The van der Waals surface area contributed by atoms with Crippen molar-refractivity contribution in [3.63, 3.8) is 0 Å². The SMILES string of the molecule is CC1(NC(=O)C(F)(F)Cl)CCCC1. The average molecular weight is 212 g/mol. The van der Waals surface area contributed by atoms with Crippen LogP contribution < -0.4 is 5.32 Å². The van der Waals surface area contributed by atoms with Crippen molar-refractivity contribution in [2.45, 2.75) is 43.5 Å². The first kappa shape index (κ1) is 10.7. The first-order valence-corrected chi connectivity index (χ1v) is 4.61. The van der Waals surface area contributed by atoms with Crippen LogP contribution in [0.3, 0.4) is 0 Å². The molecule has 0 aromatic carbocycles. The quantitative estimate of drug-likeness (QED) is 0.698. The van der Waals surface area contributed by atoms with Crippen LogP contribution in [0.5, 0.6) is 0 Å². The maximum Gasteiger partial charge on any atom is 0.399 e. The van der Waals surface area contributed by atoms with E-state index in [4.69, 9.17) is 0 Å². The van der Waals surface area contributed by atoms with E-state index in [1.807, 2.05) is 0 Å². The monoisotopic (exact) mass is 211 g/mol. The van der Waals surface area contributed by atoms with E-state index in [0.717, 1.165) is 25.7 Å². The van der Waals surface area contributed by atoms with Gasteiger partial charge in [0.25, 0.3) is 0 Å². The van der Waals surface area contributed by atoms with Crippen molar-refractivity contribution in [3.05, 3.63) is 0 Å². The number of halogens is 3. The maximum absolute atomic E-state index is 12.3. The highest BCUT2D eigenvalue weighted by Gasteiger charge is 2.41. The number of rotatable bonds is 2. The van der Waals surface area contributed by atoms with Crippen LogP contribution in [-0.2, 0) is 4.79 Å². The number of hydrogen-bond acceptors (Lipinski definition) is 1. The summed E-state index contributed by atoms with van der Waals surface area (Å²) in [4.78, 5) is 10.8. The van der Waals surface area contributed by atoms with Crippen molar-refractivity contribution in [1.82, 2.24) is 5.32 Å². The van der Waals surface area contributed by atoms with E-state index < -0.39 is 16.8 Å². The number of carbonyl (C=O) groups excluding carboxylic acids is 1. The number of carbonyl (C=O) groups is 1. The summed E-state index contributed by atoms with van der Waals surface area (Å²) in [7, 11) is 0. The Labute approximate surface area is 80.6 Å². The van der Waals surface area contributed by atoms with E-state index in [0.29, 0.717) is 0 Å². The molecule has 0 atom stereocenters. The predicted octanol–water partition coefficient (Wildman–Crippen LogP) is 2.27. The van der Waals surface area contributed by atoms with E-state index >= 15 is 0 Å².